The van der Waals surface area contributed by atoms with Crippen LogP contribution >= 0.6 is 23.4 Å². The molecule has 0 atom stereocenters. The lowest BCUT2D eigenvalue weighted by Crippen LogP contribution is -2.12. The third-order valence-corrected chi connectivity index (χ3v) is 4.12. The Hall–Kier alpha value is -1.99. The van der Waals surface area contributed by atoms with Crippen molar-refractivity contribution in [3.8, 4) is 11.5 Å². The highest BCUT2D eigenvalue weighted by Gasteiger charge is 2.16. The number of nitrogens with one attached hydrogen (secondary N) is 1. The summed E-state index contributed by atoms with van der Waals surface area (Å²) in [5.74, 6) is -2.17. The molecule has 4 nitrogen and oxygen atoms in total. The quantitative estimate of drug-likeness (QED) is 0.653. The number of rotatable bonds is 7. The average Bonchev–Trinajstić information content (AvgIpc) is 2.57. The summed E-state index contributed by atoms with van der Waals surface area (Å²) < 4.78 is 35.2. The van der Waals surface area contributed by atoms with Crippen LogP contribution in [0.4, 0.5) is 14.5 Å². The van der Waals surface area contributed by atoms with Crippen molar-refractivity contribution in [2.75, 3.05) is 19.0 Å². The third-order valence-electron chi connectivity index (χ3n) is 3.12. The molecule has 1 N–H and O–H groups in total. The predicted octanol–water partition coefficient (Wildman–Crippen LogP) is 5.31. The van der Waals surface area contributed by atoms with Crippen LogP contribution in [0.5, 0.6) is 11.5 Å². The number of carbonyl (C=O) groups excluding carboxylic acids is 1. The molecule has 0 spiro atoms. The first-order chi connectivity index (χ1) is 11.9. The van der Waals surface area contributed by atoms with E-state index in [-0.39, 0.29) is 10.6 Å². The van der Waals surface area contributed by atoms with Gasteiger partial charge in [0.25, 0.3) is 11.7 Å². The Labute approximate surface area is 153 Å². The first kappa shape index (κ1) is 19.3. The van der Waals surface area contributed by atoms with Crippen LogP contribution in [0.1, 0.15) is 17.3 Å². The number of carbonyl (C=O) groups is 1. The van der Waals surface area contributed by atoms with E-state index in [9.17, 15) is 13.6 Å². The molecule has 0 bridgehead atoms. The van der Waals surface area contributed by atoms with Gasteiger partial charge in [-0.3, -0.25) is 4.79 Å². The van der Waals surface area contributed by atoms with Crippen molar-refractivity contribution in [2.24, 2.45) is 0 Å². The number of hydrogen-bond acceptors (Lipinski definition) is 4. The van der Waals surface area contributed by atoms with E-state index < -0.39 is 11.7 Å². The number of anilines is 1. The molecule has 0 aromatic heterocycles. The number of alkyl halides is 2. The van der Waals surface area contributed by atoms with Gasteiger partial charge in [-0.15, -0.1) is 0 Å². The maximum atomic E-state index is 12.4. The van der Waals surface area contributed by atoms with Crippen LogP contribution in [-0.2, 0) is 0 Å². The van der Waals surface area contributed by atoms with Crippen molar-refractivity contribution in [2.45, 2.75) is 17.6 Å². The van der Waals surface area contributed by atoms with Gasteiger partial charge in [0, 0.05) is 16.1 Å². The molecule has 0 radical (unpaired) electrons. The van der Waals surface area contributed by atoms with Gasteiger partial charge in [0.05, 0.1) is 18.7 Å². The van der Waals surface area contributed by atoms with Crippen molar-refractivity contribution < 1.29 is 23.0 Å². The molecule has 0 saturated carbocycles. The minimum Gasteiger partial charge on any atom is -0.493 e. The summed E-state index contributed by atoms with van der Waals surface area (Å²) in [6.45, 7) is 2.22. The molecule has 1 amide bonds. The van der Waals surface area contributed by atoms with Crippen LogP contribution in [0.3, 0.4) is 0 Å². The summed E-state index contributed by atoms with van der Waals surface area (Å²) in [7, 11) is 1.45. The zero-order valence-electron chi connectivity index (χ0n) is 13.5. The Bertz CT molecular complexity index is 741. The zero-order valence-corrected chi connectivity index (χ0v) is 15.1. The number of amides is 1. The van der Waals surface area contributed by atoms with Gasteiger partial charge in [-0.1, -0.05) is 23.4 Å². The molecule has 0 fully saturated rings. The van der Waals surface area contributed by atoms with E-state index in [1.54, 1.807) is 12.1 Å². The van der Waals surface area contributed by atoms with Gasteiger partial charge in [0.2, 0.25) is 0 Å². The summed E-state index contributed by atoms with van der Waals surface area (Å²) >= 11 is 6.59. The average molecular weight is 388 g/mol. The fourth-order valence-electron chi connectivity index (χ4n) is 2.06. The SMILES string of the molecule is CCOc1c(Cl)cc(C(=O)Nc2ccc(SC(F)F)cc2)cc1OC. The highest BCUT2D eigenvalue weighted by atomic mass is 35.5. The first-order valence-electron chi connectivity index (χ1n) is 7.31. The van der Waals surface area contributed by atoms with Crippen molar-refractivity contribution in [1.29, 1.82) is 0 Å². The summed E-state index contributed by atoms with van der Waals surface area (Å²) in [6.07, 6.45) is 0. The van der Waals surface area contributed by atoms with Crippen LogP contribution in [-0.4, -0.2) is 25.4 Å². The summed E-state index contributed by atoms with van der Waals surface area (Å²) in [5, 5.41) is 2.94. The Balaban J connectivity index is 2.16. The van der Waals surface area contributed by atoms with E-state index in [1.165, 1.54) is 31.4 Å². The molecule has 8 heteroatoms. The van der Waals surface area contributed by atoms with Gasteiger partial charge >= 0.3 is 0 Å². The molecule has 2 rings (SSSR count). The number of methoxy groups -OCH3 is 1. The van der Waals surface area contributed by atoms with E-state index in [2.05, 4.69) is 5.32 Å². The molecular weight excluding hydrogens is 372 g/mol. The third kappa shape index (κ3) is 5.24. The normalized spacial score (nSPS) is 10.6. The van der Waals surface area contributed by atoms with E-state index in [0.717, 1.165) is 0 Å². The number of halogens is 3. The summed E-state index contributed by atoms with van der Waals surface area (Å²) in [4.78, 5) is 12.8. The van der Waals surface area contributed by atoms with Crippen molar-refractivity contribution in [3.05, 3.63) is 47.0 Å². The van der Waals surface area contributed by atoms with Gasteiger partial charge in [-0.25, -0.2) is 0 Å². The van der Waals surface area contributed by atoms with Gasteiger partial charge < -0.3 is 14.8 Å². The summed E-state index contributed by atoms with van der Waals surface area (Å²) in [6, 6.07) is 9.13. The first-order valence-corrected chi connectivity index (χ1v) is 8.57. The minimum absolute atomic E-state index is 0.259. The van der Waals surface area contributed by atoms with E-state index in [0.29, 0.717) is 40.5 Å². The second-order valence-corrected chi connectivity index (χ2v) is 6.25. The van der Waals surface area contributed by atoms with Gasteiger partial charge in [-0.05, 0) is 43.3 Å². The Morgan fingerprint density at radius 1 is 1.28 bits per heavy atom. The smallest absolute Gasteiger partial charge is 0.288 e. The molecule has 25 heavy (non-hydrogen) atoms. The maximum absolute atomic E-state index is 12.4. The minimum atomic E-state index is -2.49. The van der Waals surface area contributed by atoms with E-state index >= 15 is 0 Å². The number of ether oxygens (including phenoxy) is 2. The molecule has 0 aliphatic heterocycles. The highest BCUT2D eigenvalue weighted by molar-refractivity contribution is 7.99. The standard InChI is InChI=1S/C17H16ClF2NO3S/c1-3-24-15-13(18)8-10(9-14(15)23-2)16(22)21-11-4-6-12(7-5-11)25-17(19)20/h4-9,17H,3H2,1-2H3,(H,21,22). The van der Waals surface area contributed by atoms with Crippen LogP contribution in [0.25, 0.3) is 0 Å². The van der Waals surface area contributed by atoms with Crippen LogP contribution in [0, 0.1) is 0 Å². The fourth-order valence-corrected chi connectivity index (χ4v) is 2.82. The fraction of sp³-hybridized carbons (Fsp3) is 0.235. The molecule has 0 heterocycles. The van der Waals surface area contributed by atoms with Crippen molar-refractivity contribution >= 4 is 35.0 Å². The van der Waals surface area contributed by atoms with Crippen molar-refractivity contribution in [3.63, 3.8) is 0 Å². The van der Waals surface area contributed by atoms with Crippen LogP contribution < -0.4 is 14.8 Å². The van der Waals surface area contributed by atoms with Gasteiger partial charge in [0.1, 0.15) is 0 Å². The Morgan fingerprint density at radius 3 is 2.52 bits per heavy atom. The molecule has 134 valence electrons. The number of benzene rings is 2. The van der Waals surface area contributed by atoms with Crippen LogP contribution in [0.2, 0.25) is 5.02 Å². The lowest BCUT2D eigenvalue weighted by molar-refractivity contribution is 0.102. The molecule has 0 aliphatic carbocycles. The molecule has 2 aromatic carbocycles. The van der Waals surface area contributed by atoms with Gasteiger partial charge in [-0.2, -0.15) is 8.78 Å². The monoisotopic (exact) mass is 387 g/mol. The largest absolute Gasteiger partial charge is 0.493 e. The zero-order chi connectivity index (χ0) is 18.4. The Morgan fingerprint density at radius 2 is 1.96 bits per heavy atom. The van der Waals surface area contributed by atoms with Crippen molar-refractivity contribution in [1.82, 2.24) is 0 Å². The Kier molecular flexibility index (Phi) is 6.90. The summed E-state index contributed by atoms with van der Waals surface area (Å²) in [5.41, 5.74) is 0.768. The van der Waals surface area contributed by atoms with E-state index in [4.69, 9.17) is 21.1 Å². The number of hydrogen-bond donors (Lipinski definition) is 1. The van der Waals surface area contributed by atoms with Gasteiger partial charge in [0.15, 0.2) is 11.5 Å². The second kappa shape index (κ2) is 8.92. The van der Waals surface area contributed by atoms with Crippen LogP contribution in [0.15, 0.2) is 41.3 Å². The predicted molar refractivity (Wildman–Crippen MR) is 95.4 cm³/mol. The molecule has 0 aliphatic rings. The second-order valence-electron chi connectivity index (χ2n) is 4.78. The topological polar surface area (TPSA) is 47.6 Å². The molecule has 0 unspecified atom stereocenters. The maximum Gasteiger partial charge on any atom is 0.288 e. The van der Waals surface area contributed by atoms with E-state index in [1.807, 2.05) is 6.92 Å². The lowest BCUT2D eigenvalue weighted by atomic mass is 10.1. The highest BCUT2D eigenvalue weighted by Crippen LogP contribution is 2.36. The number of thioether (sulfide) groups is 1. The lowest BCUT2D eigenvalue weighted by Gasteiger charge is -2.13. The molecule has 0 saturated heterocycles. The molecular formula is C17H16ClF2NO3S. The molecule has 2 aromatic rings.